The number of rotatable bonds is 3. The van der Waals surface area contributed by atoms with Gasteiger partial charge in [-0.05, 0) is 40.2 Å². The molecule has 0 atom stereocenters. The number of benzene rings is 2. The van der Waals surface area contributed by atoms with Gasteiger partial charge in [-0.15, -0.1) is 0 Å². The predicted molar refractivity (Wildman–Crippen MR) is 76.9 cm³/mol. The first-order valence-electron chi connectivity index (χ1n) is 5.48. The summed E-state index contributed by atoms with van der Waals surface area (Å²) in [6.45, 7) is 0. The third-order valence-corrected chi connectivity index (χ3v) is 4.00. The number of hydrogen-bond donors (Lipinski definition) is 1. The number of primary sulfonamides is 1. The molecule has 0 aliphatic rings. The Kier molecular flexibility index (Phi) is 4.22. The van der Waals surface area contributed by atoms with Crippen LogP contribution in [0.15, 0.2) is 57.9 Å². The highest BCUT2D eigenvalue weighted by Crippen LogP contribution is 2.32. The molecule has 0 saturated carbocycles. The third-order valence-electron chi connectivity index (χ3n) is 2.44. The first-order chi connectivity index (χ1) is 9.39. The van der Waals surface area contributed by atoms with Crippen molar-refractivity contribution in [2.24, 2.45) is 5.14 Å². The van der Waals surface area contributed by atoms with Crippen molar-refractivity contribution in [2.45, 2.75) is 4.90 Å². The molecule has 0 aliphatic heterocycles. The molecule has 0 amide bonds. The van der Waals surface area contributed by atoms with E-state index in [4.69, 9.17) is 9.88 Å². The van der Waals surface area contributed by atoms with Crippen molar-refractivity contribution in [2.75, 3.05) is 0 Å². The summed E-state index contributed by atoms with van der Waals surface area (Å²) in [6, 6.07) is 12.6. The van der Waals surface area contributed by atoms with Gasteiger partial charge < -0.3 is 4.74 Å². The molecule has 0 fully saturated rings. The molecule has 2 aromatic rings. The van der Waals surface area contributed by atoms with Crippen molar-refractivity contribution in [3.8, 4) is 5.75 Å². The Labute approximate surface area is 124 Å². The summed E-state index contributed by atoms with van der Waals surface area (Å²) in [5, 5.41) is 5.10. The normalized spacial score (nSPS) is 11.1. The lowest BCUT2D eigenvalue weighted by atomic mass is 10.2. The maximum absolute atomic E-state index is 12.0. The maximum Gasteiger partial charge on any atom is 0.343 e. The molecule has 20 heavy (non-hydrogen) atoms. The SMILES string of the molecule is NS(=O)(=O)c1cccc(Br)c1OC(=O)c1ccccc1. The second kappa shape index (κ2) is 5.74. The fourth-order valence-corrected chi connectivity index (χ4v) is 2.79. The summed E-state index contributed by atoms with van der Waals surface area (Å²) in [7, 11) is -3.99. The highest BCUT2D eigenvalue weighted by atomic mass is 79.9. The van der Waals surface area contributed by atoms with Gasteiger partial charge in [0, 0.05) is 0 Å². The van der Waals surface area contributed by atoms with Crippen LogP contribution in [-0.2, 0) is 10.0 Å². The van der Waals surface area contributed by atoms with Gasteiger partial charge in [0.1, 0.15) is 4.90 Å². The van der Waals surface area contributed by atoms with Gasteiger partial charge in [-0.3, -0.25) is 0 Å². The molecule has 0 bridgehead atoms. The van der Waals surface area contributed by atoms with E-state index in [0.717, 1.165) is 0 Å². The molecule has 0 unspecified atom stereocenters. The van der Waals surface area contributed by atoms with Crippen LogP contribution in [0.2, 0.25) is 0 Å². The van der Waals surface area contributed by atoms with Crippen LogP contribution >= 0.6 is 15.9 Å². The number of nitrogens with two attached hydrogens (primary N) is 1. The summed E-state index contributed by atoms with van der Waals surface area (Å²) < 4.78 is 28.5. The number of para-hydroxylation sites is 1. The molecule has 0 radical (unpaired) electrons. The molecule has 0 saturated heterocycles. The highest BCUT2D eigenvalue weighted by Gasteiger charge is 2.20. The van der Waals surface area contributed by atoms with Gasteiger partial charge in [-0.2, -0.15) is 0 Å². The first kappa shape index (κ1) is 14.7. The number of ether oxygens (including phenoxy) is 1. The van der Waals surface area contributed by atoms with Crippen molar-refractivity contribution in [1.82, 2.24) is 0 Å². The van der Waals surface area contributed by atoms with E-state index in [1.807, 2.05) is 0 Å². The molecule has 7 heteroatoms. The molecular formula is C13H10BrNO4S. The van der Waals surface area contributed by atoms with E-state index in [1.165, 1.54) is 12.1 Å². The van der Waals surface area contributed by atoms with Crippen LogP contribution in [0.1, 0.15) is 10.4 Å². The Morgan fingerprint density at radius 1 is 1.05 bits per heavy atom. The smallest absolute Gasteiger partial charge is 0.343 e. The van der Waals surface area contributed by atoms with Crippen LogP contribution in [0.3, 0.4) is 0 Å². The number of halogens is 1. The number of sulfonamides is 1. The van der Waals surface area contributed by atoms with Gasteiger partial charge >= 0.3 is 5.97 Å². The van der Waals surface area contributed by atoms with Crippen LogP contribution < -0.4 is 9.88 Å². The average molecular weight is 356 g/mol. The molecule has 0 heterocycles. The van der Waals surface area contributed by atoms with E-state index in [-0.39, 0.29) is 10.6 Å². The van der Waals surface area contributed by atoms with Crippen molar-refractivity contribution in [3.63, 3.8) is 0 Å². The molecule has 0 aromatic heterocycles. The lowest BCUT2D eigenvalue weighted by Gasteiger charge is -2.10. The Morgan fingerprint density at radius 2 is 1.70 bits per heavy atom. The zero-order valence-electron chi connectivity index (χ0n) is 10.1. The van der Waals surface area contributed by atoms with Gasteiger partial charge in [0.2, 0.25) is 10.0 Å². The highest BCUT2D eigenvalue weighted by molar-refractivity contribution is 9.10. The van der Waals surface area contributed by atoms with Gasteiger partial charge in [0.15, 0.2) is 5.75 Å². The molecule has 2 N–H and O–H groups in total. The van der Waals surface area contributed by atoms with E-state index < -0.39 is 16.0 Å². The fourth-order valence-electron chi connectivity index (χ4n) is 1.54. The zero-order chi connectivity index (χ0) is 14.8. The monoisotopic (exact) mass is 355 g/mol. The minimum atomic E-state index is -3.99. The Hall–Kier alpha value is -1.70. The molecule has 2 aromatic carbocycles. The van der Waals surface area contributed by atoms with Crippen LogP contribution in [0.4, 0.5) is 0 Å². The second-order valence-corrected chi connectivity index (χ2v) is 6.25. The van der Waals surface area contributed by atoms with Crippen LogP contribution in [0.25, 0.3) is 0 Å². The molecule has 0 aliphatic carbocycles. The standard InChI is InChI=1S/C13H10BrNO4S/c14-10-7-4-8-11(20(15,17)18)12(10)19-13(16)9-5-2-1-3-6-9/h1-8H,(H2,15,17,18). The van der Waals surface area contributed by atoms with E-state index in [1.54, 1.807) is 36.4 Å². The van der Waals surface area contributed by atoms with Crippen molar-refractivity contribution in [3.05, 3.63) is 58.6 Å². The van der Waals surface area contributed by atoms with Gasteiger partial charge in [0.05, 0.1) is 10.0 Å². The van der Waals surface area contributed by atoms with E-state index >= 15 is 0 Å². The van der Waals surface area contributed by atoms with Gasteiger partial charge in [-0.25, -0.2) is 18.4 Å². The van der Waals surface area contributed by atoms with E-state index in [2.05, 4.69) is 15.9 Å². The quantitative estimate of drug-likeness (QED) is 0.676. The minimum Gasteiger partial charge on any atom is -0.420 e. The topological polar surface area (TPSA) is 86.5 Å². The van der Waals surface area contributed by atoms with Crippen molar-refractivity contribution in [1.29, 1.82) is 0 Å². The van der Waals surface area contributed by atoms with Crippen LogP contribution in [-0.4, -0.2) is 14.4 Å². The fraction of sp³-hybridized carbons (Fsp3) is 0. The molecule has 104 valence electrons. The summed E-state index contributed by atoms with van der Waals surface area (Å²) >= 11 is 3.14. The van der Waals surface area contributed by atoms with Crippen LogP contribution in [0, 0.1) is 0 Å². The molecular weight excluding hydrogens is 346 g/mol. The largest absolute Gasteiger partial charge is 0.420 e. The molecule has 5 nitrogen and oxygen atoms in total. The lowest BCUT2D eigenvalue weighted by Crippen LogP contribution is -2.16. The van der Waals surface area contributed by atoms with E-state index in [9.17, 15) is 13.2 Å². The van der Waals surface area contributed by atoms with Crippen molar-refractivity contribution < 1.29 is 17.9 Å². The van der Waals surface area contributed by atoms with Gasteiger partial charge in [0.25, 0.3) is 0 Å². The molecule has 2 rings (SSSR count). The average Bonchev–Trinajstić information content (AvgIpc) is 2.40. The summed E-state index contributed by atoms with van der Waals surface area (Å²) in [6.07, 6.45) is 0. The second-order valence-electron chi connectivity index (χ2n) is 3.87. The van der Waals surface area contributed by atoms with Crippen molar-refractivity contribution >= 4 is 31.9 Å². The maximum atomic E-state index is 12.0. The van der Waals surface area contributed by atoms with Gasteiger partial charge in [-0.1, -0.05) is 24.3 Å². The number of esters is 1. The van der Waals surface area contributed by atoms with E-state index in [0.29, 0.717) is 10.0 Å². The first-order valence-corrected chi connectivity index (χ1v) is 7.82. The molecule has 0 spiro atoms. The van der Waals surface area contributed by atoms with Crippen LogP contribution in [0.5, 0.6) is 5.75 Å². The third kappa shape index (κ3) is 3.24. The summed E-state index contributed by atoms with van der Waals surface area (Å²) in [5.41, 5.74) is 0.309. The lowest BCUT2D eigenvalue weighted by molar-refractivity contribution is 0.0729. The Bertz CT molecular complexity index is 744. The minimum absolute atomic E-state index is 0.121. The number of hydrogen-bond acceptors (Lipinski definition) is 4. The number of carbonyl (C=O) groups is 1. The summed E-state index contributed by atoms with van der Waals surface area (Å²) in [4.78, 5) is 11.7. The zero-order valence-corrected chi connectivity index (χ0v) is 12.5. The Morgan fingerprint density at radius 3 is 2.30 bits per heavy atom. The number of carbonyl (C=O) groups excluding carboxylic acids is 1. The predicted octanol–water partition coefficient (Wildman–Crippen LogP) is 2.32. The summed E-state index contributed by atoms with van der Waals surface area (Å²) in [5.74, 6) is -0.786. The Balaban J connectivity index is 2.42.